The van der Waals surface area contributed by atoms with Crippen LogP contribution < -0.4 is 0 Å². The highest BCUT2D eigenvalue weighted by atomic mass is 32.2. The van der Waals surface area contributed by atoms with Gasteiger partial charge in [0, 0.05) is 5.57 Å². The Labute approximate surface area is 108 Å². The van der Waals surface area contributed by atoms with Crippen LogP contribution in [0.2, 0.25) is 0 Å². The van der Waals surface area contributed by atoms with Gasteiger partial charge in [-0.25, -0.2) is 4.79 Å². The summed E-state index contributed by atoms with van der Waals surface area (Å²) in [6.07, 6.45) is -5.35. The Morgan fingerprint density at radius 2 is 1.79 bits per heavy atom. The molecule has 0 radical (unpaired) electrons. The summed E-state index contributed by atoms with van der Waals surface area (Å²) < 4.78 is 71.5. The molecule has 19 heavy (non-hydrogen) atoms. The highest BCUT2D eigenvalue weighted by Gasteiger charge is 2.54. The third-order valence-corrected chi connectivity index (χ3v) is 3.08. The zero-order chi connectivity index (χ0) is 15.6. The minimum absolute atomic E-state index is 0.0544. The van der Waals surface area contributed by atoms with Gasteiger partial charge >= 0.3 is 22.6 Å². The van der Waals surface area contributed by atoms with Crippen molar-refractivity contribution < 1.29 is 35.7 Å². The van der Waals surface area contributed by atoms with Crippen molar-refractivity contribution in [3.05, 3.63) is 12.2 Å². The van der Waals surface area contributed by atoms with Crippen molar-refractivity contribution in [3.63, 3.8) is 0 Å². The molecule has 0 saturated heterocycles. The monoisotopic (exact) mass is 305 g/mol. The van der Waals surface area contributed by atoms with Gasteiger partial charge in [0.15, 0.2) is 0 Å². The topological polar surface area (TPSA) is 83.9 Å². The van der Waals surface area contributed by atoms with E-state index in [0.29, 0.717) is 0 Å². The molecule has 0 aromatic carbocycles. The van der Waals surface area contributed by atoms with Gasteiger partial charge in [-0.1, -0.05) is 10.9 Å². The number of carbonyl (C=O) groups is 1. The lowest BCUT2D eigenvalue weighted by atomic mass is 10.1. The number of carbonyl (C=O) groups excluding carboxylic acids is 1. The first-order valence-corrected chi connectivity index (χ1v) is 6.26. The molecule has 1 N–H and O–H groups in total. The average molecular weight is 305 g/mol. The maximum atomic E-state index is 12.6. The zero-order valence-corrected chi connectivity index (χ0v) is 11.3. The van der Waals surface area contributed by atoms with Gasteiger partial charge in [-0.15, -0.1) is 0 Å². The number of ether oxygens (including phenoxy) is 1. The maximum absolute atomic E-state index is 12.6. The normalized spacial score (nSPS) is 13.5. The molecule has 0 aliphatic rings. The van der Waals surface area contributed by atoms with Gasteiger partial charge in [-0.3, -0.25) is 4.55 Å². The van der Waals surface area contributed by atoms with E-state index in [4.69, 9.17) is 4.55 Å². The molecule has 0 spiro atoms. The Kier molecular flexibility index (Phi) is 5.14. The molecule has 0 aromatic heterocycles. The molecule has 0 heterocycles. The van der Waals surface area contributed by atoms with Crippen LogP contribution in [0.4, 0.5) is 13.2 Å². The number of nitrogens with zero attached hydrogens (tertiary/aromatic N) is 1. The minimum Gasteiger partial charge on any atom is -0.460 e. The Morgan fingerprint density at radius 1 is 1.37 bits per heavy atom. The van der Waals surface area contributed by atoms with Crippen molar-refractivity contribution in [2.75, 3.05) is 6.61 Å². The van der Waals surface area contributed by atoms with Crippen LogP contribution in [0.5, 0.6) is 0 Å². The SMILES string of the molecule is C=C(C)C(=O)OCC(C)(C)N(C(F)(F)F)S(=O)(=O)O. The smallest absolute Gasteiger partial charge is 0.460 e. The quantitative estimate of drug-likeness (QED) is 0.360. The highest BCUT2D eigenvalue weighted by molar-refractivity contribution is 7.83. The van der Waals surface area contributed by atoms with E-state index in [1.807, 2.05) is 0 Å². The van der Waals surface area contributed by atoms with Crippen LogP contribution in [0, 0.1) is 0 Å². The third-order valence-electron chi connectivity index (χ3n) is 1.92. The Hall–Kier alpha value is -1.13. The van der Waals surface area contributed by atoms with E-state index in [1.54, 1.807) is 0 Å². The van der Waals surface area contributed by atoms with Crippen LogP contribution >= 0.6 is 0 Å². The molecule has 0 aliphatic heterocycles. The first kappa shape index (κ1) is 17.9. The van der Waals surface area contributed by atoms with Gasteiger partial charge in [0.05, 0.1) is 5.54 Å². The molecule has 6 nitrogen and oxygen atoms in total. The molecule has 10 heteroatoms. The molecule has 0 atom stereocenters. The van der Waals surface area contributed by atoms with Gasteiger partial charge in [0.25, 0.3) is 0 Å². The summed E-state index contributed by atoms with van der Waals surface area (Å²) in [7, 11) is -5.55. The largest absolute Gasteiger partial charge is 0.475 e. The lowest BCUT2D eigenvalue weighted by Gasteiger charge is -2.35. The summed E-state index contributed by atoms with van der Waals surface area (Å²) in [5.74, 6) is -0.967. The minimum atomic E-state index is -5.55. The van der Waals surface area contributed by atoms with Crippen LogP contribution in [-0.4, -0.2) is 41.7 Å². The molecular formula is C9H14F3NO5S. The van der Waals surface area contributed by atoms with E-state index in [0.717, 1.165) is 13.8 Å². The van der Waals surface area contributed by atoms with E-state index in [1.165, 1.54) is 6.92 Å². The van der Waals surface area contributed by atoms with E-state index >= 15 is 0 Å². The van der Waals surface area contributed by atoms with E-state index < -0.39 is 39.0 Å². The van der Waals surface area contributed by atoms with Crippen molar-refractivity contribution in [1.29, 1.82) is 0 Å². The molecule has 0 bridgehead atoms. The summed E-state index contributed by atoms with van der Waals surface area (Å²) in [4.78, 5) is 11.1. The first-order chi connectivity index (χ1) is 8.19. The second-order valence-electron chi connectivity index (χ2n) is 4.38. The summed E-state index contributed by atoms with van der Waals surface area (Å²) in [5, 5.41) is 0. The second kappa shape index (κ2) is 5.47. The second-order valence-corrected chi connectivity index (χ2v) is 5.64. The van der Waals surface area contributed by atoms with Gasteiger partial charge in [0.1, 0.15) is 6.61 Å². The van der Waals surface area contributed by atoms with Crippen molar-refractivity contribution in [2.24, 2.45) is 0 Å². The van der Waals surface area contributed by atoms with Crippen LogP contribution in [-0.2, 0) is 19.8 Å². The first-order valence-electron chi connectivity index (χ1n) is 4.87. The molecule has 0 amide bonds. The number of rotatable bonds is 5. The lowest BCUT2D eigenvalue weighted by Crippen LogP contribution is -2.57. The molecule has 0 fully saturated rings. The summed E-state index contributed by atoms with van der Waals surface area (Å²) in [5.41, 5.74) is -2.27. The van der Waals surface area contributed by atoms with Crippen LogP contribution in [0.15, 0.2) is 12.2 Å². The fourth-order valence-corrected chi connectivity index (χ4v) is 2.15. The van der Waals surface area contributed by atoms with Crippen molar-refractivity contribution in [3.8, 4) is 0 Å². The number of alkyl halides is 3. The van der Waals surface area contributed by atoms with Crippen molar-refractivity contribution in [2.45, 2.75) is 32.6 Å². The summed E-state index contributed by atoms with van der Waals surface area (Å²) >= 11 is 0. The molecular weight excluding hydrogens is 291 g/mol. The Balaban J connectivity index is 5.24. The molecule has 0 saturated carbocycles. The zero-order valence-electron chi connectivity index (χ0n) is 10.5. The van der Waals surface area contributed by atoms with Crippen LogP contribution in [0.25, 0.3) is 0 Å². The Morgan fingerprint density at radius 3 is 2.05 bits per heavy atom. The third kappa shape index (κ3) is 5.17. The number of halogens is 3. The predicted octanol–water partition coefficient (Wildman–Crippen LogP) is 1.51. The maximum Gasteiger partial charge on any atom is 0.475 e. The van der Waals surface area contributed by atoms with Crippen LogP contribution in [0.1, 0.15) is 20.8 Å². The Bertz CT molecular complexity index is 469. The number of hydrogen-bond donors (Lipinski definition) is 1. The van der Waals surface area contributed by atoms with Crippen molar-refractivity contribution >= 4 is 16.3 Å². The van der Waals surface area contributed by atoms with E-state index in [2.05, 4.69) is 11.3 Å². The lowest BCUT2D eigenvalue weighted by molar-refractivity contribution is -0.240. The van der Waals surface area contributed by atoms with Crippen molar-refractivity contribution in [1.82, 2.24) is 4.31 Å². The average Bonchev–Trinajstić information content (AvgIpc) is 2.07. The molecule has 0 unspecified atom stereocenters. The van der Waals surface area contributed by atoms with Crippen LogP contribution in [0.3, 0.4) is 0 Å². The van der Waals surface area contributed by atoms with E-state index in [-0.39, 0.29) is 5.57 Å². The number of hydrogen-bond acceptors (Lipinski definition) is 4. The van der Waals surface area contributed by atoms with E-state index in [9.17, 15) is 26.4 Å². The standard InChI is InChI=1S/C9H14F3NO5S/c1-6(2)7(14)18-5-8(3,4)13(9(10,11)12)19(15,16)17/h1,5H2,2-4H3,(H,15,16,17). The summed E-state index contributed by atoms with van der Waals surface area (Å²) in [6, 6.07) is 0. The highest BCUT2D eigenvalue weighted by Crippen LogP contribution is 2.32. The van der Waals surface area contributed by atoms with Gasteiger partial charge in [-0.05, 0) is 20.8 Å². The molecule has 112 valence electrons. The van der Waals surface area contributed by atoms with Gasteiger partial charge in [0.2, 0.25) is 0 Å². The molecule has 0 rings (SSSR count). The number of esters is 1. The molecule has 0 aromatic rings. The predicted molar refractivity (Wildman–Crippen MR) is 59.3 cm³/mol. The van der Waals surface area contributed by atoms with Gasteiger partial charge in [-0.2, -0.15) is 21.6 Å². The summed E-state index contributed by atoms with van der Waals surface area (Å²) in [6.45, 7) is 5.29. The fourth-order valence-electron chi connectivity index (χ4n) is 1.21. The molecule has 0 aliphatic carbocycles. The fraction of sp³-hybridized carbons (Fsp3) is 0.667. The van der Waals surface area contributed by atoms with Gasteiger partial charge < -0.3 is 4.74 Å².